The van der Waals surface area contributed by atoms with Gasteiger partial charge in [0.1, 0.15) is 12.3 Å². The van der Waals surface area contributed by atoms with Crippen LogP contribution in [0.25, 0.3) is 0 Å². The molecule has 3 rings (SSSR count). The number of anilines is 1. The third-order valence-corrected chi connectivity index (χ3v) is 6.99. The minimum Gasteiger partial charge on any atom is -0.495 e. The van der Waals surface area contributed by atoms with Gasteiger partial charge < -0.3 is 4.74 Å². The van der Waals surface area contributed by atoms with E-state index in [1.165, 1.54) is 24.8 Å². The Balaban J connectivity index is 1.82. The number of aryl methyl sites for hydroxylation is 2. The Morgan fingerprint density at radius 3 is 2.29 bits per heavy atom. The molecule has 0 fully saturated rings. The van der Waals surface area contributed by atoms with E-state index in [1.807, 2.05) is 50.2 Å². The van der Waals surface area contributed by atoms with Gasteiger partial charge in [-0.05, 0) is 62.1 Å². The standard InChI is InChI=1S/C26H29N3O4S/c1-20-14-17-25(33-3)24(18-20)29(34(31,32)23-12-8-5-9-13-23)19-26(30)28-27-21(2)15-16-22-10-6-4-7-11-22/h4-14,17-18H,15-16,19H2,1-3H3,(H,28,30)/b27-21-. The molecular weight excluding hydrogens is 450 g/mol. The summed E-state index contributed by atoms with van der Waals surface area (Å²) in [4.78, 5) is 12.9. The third-order valence-electron chi connectivity index (χ3n) is 5.21. The summed E-state index contributed by atoms with van der Waals surface area (Å²) < 4.78 is 33.5. The normalized spacial score (nSPS) is 11.7. The number of sulfonamides is 1. The second-order valence-electron chi connectivity index (χ2n) is 7.87. The fraction of sp³-hybridized carbons (Fsp3) is 0.231. The van der Waals surface area contributed by atoms with Crippen LogP contribution in [0.3, 0.4) is 0 Å². The zero-order chi connectivity index (χ0) is 24.6. The highest BCUT2D eigenvalue weighted by Crippen LogP contribution is 2.33. The molecule has 34 heavy (non-hydrogen) atoms. The Hall–Kier alpha value is -3.65. The van der Waals surface area contributed by atoms with Gasteiger partial charge in [0.05, 0.1) is 17.7 Å². The van der Waals surface area contributed by atoms with Crippen LogP contribution >= 0.6 is 0 Å². The molecule has 0 bridgehead atoms. The second-order valence-corrected chi connectivity index (χ2v) is 9.73. The van der Waals surface area contributed by atoms with Gasteiger partial charge in [0, 0.05) is 5.71 Å². The smallest absolute Gasteiger partial charge is 0.264 e. The number of hydrogen-bond acceptors (Lipinski definition) is 5. The van der Waals surface area contributed by atoms with E-state index in [0.29, 0.717) is 12.2 Å². The van der Waals surface area contributed by atoms with Gasteiger partial charge in [-0.25, -0.2) is 13.8 Å². The molecule has 0 saturated carbocycles. The molecule has 0 radical (unpaired) electrons. The molecule has 0 aromatic heterocycles. The molecule has 7 nitrogen and oxygen atoms in total. The molecule has 8 heteroatoms. The van der Waals surface area contributed by atoms with Crippen LogP contribution in [-0.4, -0.2) is 33.7 Å². The molecule has 0 spiro atoms. The molecule has 0 saturated heterocycles. The van der Waals surface area contributed by atoms with Gasteiger partial charge in [-0.15, -0.1) is 0 Å². The van der Waals surface area contributed by atoms with Gasteiger partial charge in [-0.3, -0.25) is 9.10 Å². The summed E-state index contributed by atoms with van der Waals surface area (Å²) in [5.74, 6) is -0.206. The fourth-order valence-corrected chi connectivity index (χ4v) is 4.81. The lowest BCUT2D eigenvalue weighted by Crippen LogP contribution is -2.40. The third kappa shape index (κ3) is 6.45. The van der Waals surface area contributed by atoms with Crippen molar-refractivity contribution in [2.75, 3.05) is 18.0 Å². The SMILES string of the molecule is COc1ccc(C)cc1N(CC(=O)N/N=C(/C)CCc1ccccc1)S(=O)(=O)c1ccccc1. The van der Waals surface area contributed by atoms with E-state index in [9.17, 15) is 13.2 Å². The highest BCUT2D eigenvalue weighted by molar-refractivity contribution is 7.92. The number of carbonyl (C=O) groups excluding carboxylic acids is 1. The number of ether oxygens (including phenoxy) is 1. The lowest BCUT2D eigenvalue weighted by atomic mass is 10.1. The van der Waals surface area contributed by atoms with E-state index in [-0.39, 0.29) is 10.6 Å². The van der Waals surface area contributed by atoms with Crippen molar-refractivity contribution in [3.05, 3.63) is 90.0 Å². The van der Waals surface area contributed by atoms with Gasteiger partial charge in [0.25, 0.3) is 15.9 Å². The first kappa shape index (κ1) is 25.0. The second kappa shape index (κ2) is 11.5. The van der Waals surface area contributed by atoms with Crippen molar-refractivity contribution in [2.45, 2.75) is 31.6 Å². The maximum absolute atomic E-state index is 13.5. The largest absolute Gasteiger partial charge is 0.495 e. The number of benzene rings is 3. The number of nitrogens with one attached hydrogen (secondary N) is 1. The first-order valence-electron chi connectivity index (χ1n) is 10.9. The van der Waals surface area contributed by atoms with Gasteiger partial charge in [0.2, 0.25) is 0 Å². The van der Waals surface area contributed by atoms with E-state index in [4.69, 9.17) is 4.74 Å². The fourth-order valence-electron chi connectivity index (χ4n) is 3.36. The molecule has 178 valence electrons. The van der Waals surface area contributed by atoms with Crippen LogP contribution in [0, 0.1) is 6.92 Å². The Bertz CT molecular complexity index is 1240. The average Bonchev–Trinajstić information content (AvgIpc) is 2.85. The van der Waals surface area contributed by atoms with Crippen molar-refractivity contribution in [2.24, 2.45) is 5.10 Å². The maximum Gasteiger partial charge on any atom is 0.264 e. The molecule has 0 aliphatic rings. The topological polar surface area (TPSA) is 88.1 Å². The van der Waals surface area contributed by atoms with E-state index in [1.54, 1.807) is 30.3 Å². The zero-order valence-corrected chi connectivity index (χ0v) is 20.4. The van der Waals surface area contributed by atoms with Crippen molar-refractivity contribution in [1.82, 2.24) is 5.43 Å². The average molecular weight is 480 g/mol. The molecule has 0 unspecified atom stereocenters. The highest BCUT2D eigenvalue weighted by Gasteiger charge is 2.29. The van der Waals surface area contributed by atoms with Crippen molar-refractivity contribution >= 4 is 27.3 Å². The quantitative estimate of drug-likeness (QED) is 0.346. The number of methoxy groups -OCH3 is 1. The number of rotatable bonds is 10. The number of hydrogen-bond donors (Lipinski definition) is 1. The summed E-state index contributed by atoms with van der Waals surface area (Å²) in [5, 5.41) is 4.17. The Morgan fingerprint density at radius 2 is 1.65 bits per heavy atom. The monoisotopic (exact) mass is 479 g/mol. The molecule has 3 aromatic rings. The molecule has 0 atom stereocenters. The summed E-state index contributed by atoms with van der Waals surface area (Å²) >= 11 is 0. The van der Waals surface area contributed by atoms with Crippen LogP contribution in [0.2, 0.25) is 0 Å². The van der Waals surface area contributed by atoms with Crippen LogP contribution in [0.1, 0.15) is 24.5 Å². The van der Waals surface area contributed by atoms with Crippen LogP contribution in [-0.2, 0) is 21.2 Å². The summed E-state index contributed by atoms with van der Waals surface area (Å²) in [6, 6.07) is 23.2. The van der Waals surface area contributed by atoms with Crippen LogP contribution < -0.4 is 14.5 Å². The number of amides is 1. The maximum atomic E-state index is 13.5. The van der Waals surface area contributed by atoms with Crippen molar-refractivity contribution in [3.8, 4) is 5.75 Å². The number of hydrazone groups is 1. The summed E-state index contributed by atoms with van der Waals surface area (Å²) in [6.07, 6.45) is 1.46. The molecule has 1 N–H and O–H groups in total. The van der Waals surface area contributed by atoms with Gasteiger partial charge >= 0.3 is 0 Å². The minimum atomic E-state index is -4.04. The highest BCUT2D eigenvalue weighted by atomic mass is 32.2. The van der Waals surface area contributed by atoms with E-state index in [0.717, 1.165) is 22.0 Å². The van der Waals surface area contributed by atoms with E-state index in [2.05, 4.69) is 10.5 Å². The van der Waals surface area contributed by atoms with Crippen molar-refractivity contribution in [1.29, 1.82) is 0 Å². The Labute approximate surface area is 201 Å². The first-order chi connectivity index (χ1) is 16.3. The van der Waals surface area contributed by atoms with E-state index < -0.39 is 22.5 Å². The summed E-state index contributed by atoms with van der Waals surface area (Å²) in [6.45, 7) is 3.22. The van der Waals surface area contributed by atoms with E-state index >= 15 is 0 Å². The molecule has 1 amide bonds. The Kier molecular flexibility index (Phi) is 8.43. The molecule has 0 aliphatic heterocycles. The first-order valence-corrected chi connectivity index (χ1v) is 12.3. The molecule has 0 heterocycles. The predicted octanol–water partition coefficient (Wildman–Crippen LogP) is 4.32. The molecule has 0 aliphatic carbocycles. The van der Waals surface area contributed by atoms with Gasteiger partial charge in [-0.1, -0.05) is 54.6 Å². The van der Waals surface area contributed by atoms with Crippen molar-refractivity contribution < 1.29 is 17.9 Å². The predicted molar refractivity (Wildman–Crippen MR) is 135 cm³/mol. The molecular formula is C26H29N3O4S. The van der Waals surface area contributed by atoms with Gasteiger partial charge in [0.15, 0.2) is 0 Å². The summed E-state index contributed by atoms with van der Waals surface area (Å²) in [5.41, 5.74) is 5.53. The lowest BCUT2D eigenvalue weighted by molar-refractivity contribution is -0.119. The Morgan fingerprint density at radius 1 is 1.00 bits per heavy atom. The number of carbonyl (C=O) groups is 1. The van der Waals surface area contributed by atoms with Crippen LogP contribution in [0.4, 0.5) is 5.69 Å². The van der Waals surface area contributed by atoms with Crippen LogP contribution in [0.5, 0.6) is 5.75 Å². The molecule has 3 aromatic carbocycles. The number of nitrogens with zero attached hydrogens (tertiary/aromatic N) is 2. The van der Waals surface area contributed by atoms with Crippen LogP contribution in [0.15, 0.2) is 88.9 Å². The zero-order valence-electron chi connectivity index (χ0n) is 19.6. The lowest BCUT2D eigenvalue weighted by Gasteiger charge is -2.25. The minimum absolute atomic E-state index is 0.0777. The van der Waals surface area contributed by atoms with Crippen molar-refractivity contribution in [3.63, 3.8) is 0 Å². The summed E-state index contributed by atoms with van der Waals surface area (Å²) in [7, 11) is -2.58. The van der Waals surface area contributed by atoms with Gasteiger partial charge in [-0.2, -0.15) is 5.10 Å².